The maximum Gasteiger partial charge on any atom is -0.0171 e. The first kappa shape index (κ1) is 20.0. The minimum Gasteiger partial charge on any atom is -0.0622 e. The van der Waals surface area contributed by atoms with Gasteiger partial charge in [0.05, 0.1) is 0 Å². The largest absolute Gasteiger partial charge is 0.0622 e. The van der Waals surface area contributed by atoms with E-state index in [4.69, 9.17) is 0 Å². The van der Waals surface area contributed by atoms with Crippen LogP contribution < -0.4 is 0 Å². The molecule has 0 aromatic heterocycles. The van der Waals surface area contributed by atoms with Gasteiger partial charge in [0.2, 0.25) is 0 Å². The van der Waals surface area contributed by atoms with Gasteiger partial charge in [0.25, 0.3) is 0 Å². The summed E-state index contributed by atoms with van der Waals surface area (Å²) < 4.78 is 0. The highest BCUT2D eigenvalue weighted by Gasteiger charge is 2.09. The van der Waals surface area contributed by atoms with Crippen molar-refractivity contribution in [1.82, 2.24) is 0 Å². The maximum atomic E-state index is 2.31. The van der Waals surface area contributed by atoms with Gasteiger partial charge in [-0.2, -0.15) is 0 Å². The van der Waals surface area contributed by atoms with Crippen LogP contribution in [-0.2, 0) is 0 Å². The molecule has 0 atom stereocenters. The van der Waals surface area contributed by atoms with E-state index in [0.717, 1.165) is 0 Å². The van der Waals surface area contributed by atoms with E-state index < -0.39 is 0 Å². The molecule has 0 heteroatoms. The van der Waals surface area contributed by atoms with Crippen LogP contribution >= 0.6 is 0 Å². The van der Waals surface area contributed by atoms with Crippen LogP contribution in [0.4, 0.5) is 0 Å². The number of benzene rings is 5. The Balaban J connectivity index is 1.65. The summed E-state index contributed by atoms with van der Waals surface area (Å²) in [5, 5.41) is 0. The number of hydrogen-bond acceptors (Lipinski definition) is 0. The topological polar surface area (TPSA) is 0 Å². The Labute approximate surface area is 190 Å². The van der Waals surface area contributed by atoms with Crippen LogP contribution in [0.25, 0.3) is 44.5 Å². The van der Waals surface area contributed by atoms with Crippen molar-refractivity contribution < 1.29 is 0 Å². The van der Waals surface area contributed by atoms with E-state index in [0.29, 0.717) is 0 Å². The summed E-state index contributed by atoms with van der Waals surface area (Å²) in [7, 11) is 0. The second-order valence-corrected chi connectivity index (χ2v) is 8.41. The van der Waals surface area contributed by atoms with Crippen molar-refractivity contribution in [2.75, 3.05) is 0 Å². The Morgan fingerprint density at radius 3 is 1.22 bits per heavy atom. The van der Waals surface area contributed by atoms with Crippen LogP contribution in [-0.4, -0.2) is 0 Å². The first-order chi connectivity index (χ1) is 15.7. The SMILES string of the molecule is Cc1ccc(-c2cccc(-c3cc(-c4ccccc4)cc(-c4ccccc4)c3)c2)cc1C. The van der Waals surface area contributed by atoms with Crippen LogP contribution in [0.5, 0.6) is 0 Å². The highest BCUT2D eigenvalue weighted by Crippen LogP contribution is 2.34. The Hall–Kier alpha value is -3.90. The van der Waals surface area contributed by atoms with Gasteiger partial charge in [-0.1, -0.05) is 97.1 Å². The molecule has 0 aliphatic heterocycles. The molecule has 5 aromatic rings. The molecular formula is C32H26. The van der Waals surface area contributed by atoms with Crippen molar-refractivity contribution in [2.24, 2.45) is 0 Å². The Bertz CT molecular complexity index is 1300. The second-order valence-electron chi connectivity index (χ2n) is 8.41. The molecule has 0 radical (unpaired) electrons. The number of hydrogen-bond donors (Lipinski definition) is 0. The van der Waals surface area contributed by atoms with E-state index in [9.17, 15) is 0 Å². The molecule has 0 heterocycles. The molecule has 5 aromatic carbocycles. The van der Waals surface area contributed by atoms with Gasteiger partial charge >= 0.3 is 0 Å². The molecular weight excluding hydrogens is 384 g/mol. The highest BCUT2D eigenvalue weighted by atomic mass is 14.1. The lowest BCUT2D eigenvalue weighted by Crippen LogP contribution is -1.87. The molecule has 0 nitrogen and oxygen atoms in total. The van der Waals surface area contributed by atoms with Gasteiger partial charge in [-0.25, -0.2) is 0 Å². The van der Waals surface area contributed by atoms with Gasteiger partial charge in [0.1, 0.15) is 0 Å². The van der Waals surface area contributed by atoms with Crippen molar-refractivity contribution >= 4 is 0 Å². The molecule has 32 heavy (non-hydrogen) atoms. The van der Waals surface area contributed by atoms with Gasteiger partial charge < -0.3 is 0 Å². The minimum absolute atomic E-state index is 1.23. The molecule has 0 bridgehead atoms. The quantitative estimate of drug-likeness (QED) is 0.277. The summed E-state index contributed by atoms with van der Waals surface area (Å²) in [6.07, 6.45) is 0. The number of rotatable bonds is 4. The van der Waals surface area contributed by atoms with Gasteiger partial charge in [-0.15, -0.1) is 0 Å². The summed E-state index contributed by atoms with van der Waals surface area (Å²) in [6, 6.07) is 43.8. The van der Waals surface area contributed by atoms with Crippen LogP contribution in [0, 0.1) is 13.8 Å². The summed E-state index contributed by atoms with van der Waals surface area (Å²) >= 11 is 0. The fourth-order valence-corrected chi connectivity index (χ4v) is 4.19. The zero-order chi connectivity index (χ0) is 21.9. The third-order valence-electron chi connectivity index (χ3n) is 6.18. The fourth-order valence-electron chi connectivity index (χ4n) is 4.19. The molecule has 0 spiro atoms. The lowest BCUT2D eigenvalue weighted by atomic mass is 9.92. The molecule has 0 saturated heterocycles. The summed E-state index contributed by atoms with van der Waals surface area (Å²) in [5.74, 6) is 0. The van der Waals surface area contributed by atoms with E-state index in [2.05, 4.69) is 135 Å². The monoisotopic (exact) mass is 410 g/mol. The van der Waals surface area contributed by atoms with Gasteiger partial charge in [0.15, 0.2) is 0 Å². The Morgan fingerprint density at radius 1 is 0.281 bits per heavy atom. The van der Waals surface area contributed by atoms with Gasteiger partial charge in [-0.05, 0) is 93.7 Å². The predicted molar refractivity (Wildman–Crippen MR) is 138 cm³/mol. The average Bonchev–Trinajstić information content (AvgIpc) is 2.86. The lowest BCUT2D eigenvalue weighted by molar-refractivity contribution is 1.34. The molecule has 0 aliphatic rings. The molecule has 0 N–H and O–H groups in total. The van der Waals surface area contributed by atoms with Crippen LogP contribution in [0.15, 0.2) is 121 Å². The standard InChI is InChI=1S/C32H26/c1-23-16-17-29(18-24(23)2)27-14-9-15-28(19-27)32-21-30(25-10-5-3-6-11-25)20-31(22-32)26-12-7-4-8-13-26/h3-22H,1-2H3. The van der Waals surface area contributed by atoms with E-state index in [-0.39, 0.29) is 0 Å². The summed E-state index contributed by atoms with van der Waals surface area (Å²) in [5.41, 5.74) is 12.6. The second kappa shape index (κ2) is 8.69. The van der Waals surface area contributed by atoms with Crippen molar-refractivity contribution in [3.63, 3.8) is 0 Å². The van der Waals surface area contributed by atoms with Gasteiger partial charge in [0, 0.05) is 0 Å². The van der Waals surface area contributed by atoms with Gasteiger partial charge in [-0.3, -0.25) is 0 Å². The van der Waals surface area contributed by atoms with Crippen molar-refractivity contribution in [3.05, 3.63) is 132 Å². The molecule has 0 aliphatic carbocycles. The smallest absolute Gasteiger partial charge is 0.0171 e. The maximum absolute atomic E-state index is 2.31. The normalized spacial score (nSPS) is 10.8. The summed E-state index contributed by atoms with van der Waals surface area (Å²) in [4.78, 5) is 0. The minimum atomic E-state index is 1.23. The molecule has 0 unspecified atom stereocenters. The predicted octanol–water partition coefficient (Wildman–Crippen LogP) is 8.97. The summed E-state index contributed by atoms with van der Waals surface area (Å²) in [6.45, 7) is 4.34. The van der Waals surface area contributed by atoms with Crippen LogP contribution in [0.1, 0.15) is 11.1 Å². The van der Waals surface area contributed by atoms with E-state index in [1.807, 2.05) is 0 Å². The van der Waals surface area contributed by atoms with Crippen LogP contribution in [0.2, 0.25) is 0 Å². The highest BCUT2D eigenvalue weighted by molar-refractivity contribution is 5.82. The third kappa shape index (κ3) is 4.13. The lowest BCUT2D eigenvalue weighted by Gasteiger charge is -2.13. The van der Waals surface area contributed by atoms with E-state index in [1.54, 1.807) is 0 Å². The Morgan fingerprint density at radius 2 is 0.688 bits per heavy atom. The van der Waals surface area contributed by atoms with Crippen molar-refractivity contribution in [3.8, 4) is 44.5 Å². The third-order valence-corrected chi connectivity index (χ3v) is 6.18. The van der Waals surface area contributed by atoms with Crippen molar-refractivity contribution in [2.45, 2.75) is 13.8 Å². The average molecular weight is 411 g/mol. The van der Waals surface area contributed by atoms with E-state index >= 15 is 0 Å². The molecule has 0 fully saturated rings. The fraction of sp³-hybridized carbons (Fsp3) is 0.0625. The van der Waals surface area contributed by atoms with Crippen LogP contribution in [0.3, 0.4) is 0 Å². The molecule has 0 saturated carbocycles. The molecule has 0 amide bonds. The zero-order valence-electron chi connectivity index (χ0n) is 18.5. The zero-order valence-corrected chi connectivity index (χ0v) is 18.5. The van der Waals surface area contributed by atoms with E-state index in [1.165, 1.54) is 55.6 Å². The molecule has 5 rings (SSSR count). The molecule has 154 valence electrons. The first-order valence-corrected chi connectivity index (χ1v) is 11.1. The number of aryl methyl sites for hydroxylation is 2. The first-order valence-electron chi connectivity index (χ1n) is 11.1. The van der Waals surface area contributed by atoms with Crippen molar-refractivity contribution in [1.29, 1.82) is 0 Å². The Kier molecular flexibility index (Phi) is 5.44.